The van der Waals surface area contributed by atoms with Crippen molar-refractivity contribution < 1.29 is 24.6 Å². The molecule has 2 aromatic heterocycles. The first kappa shape index (κ1) is 31.7. The number of nitrogens with two attached hydrogens (primary N) is 1. The van der Waals surface area contributed by atoms with Gasteiger partial charge >= 0.3 is 18.0 Å². The van der Waals surface area contributed by atoms with Gasteiger partial charge in [-0.25, -0.2) is 14.4 Å². The third-order valence-corrected chi connectivity index (χ3v) is 6.81. The molecule has 0 fully saturated rings. The number of carboxylic acids is 2. The van der Waals surface area contributed by atoms with Crippen LogP contribution in [0, 0.1) is 6.92 Å². The van der Waals surface area contributed by atoms with Crippen LogP contribution in [0.5, 0.6) is 0 Å². The number of carbonyl (C=O) groups is 3. The van der Waals surface area contributed by atoms with E-state index in [1.165, 1.54) is 29.7 Å². The Hall–Kier alpha value is -4.83. The Morgan fingerprint density at radius 2 is 1.64 bits per heavy atom. The number of fused-ring (bicyclic) bond motifs is 1. The number of H-pyrrole nitrogens is 2. The van der Waals surface area contributed by atoms with Crippen LogP contribution in [0.1, 0.15) is 42.1 Å². The van der Waals surface area contributed by atoms with Crippen LogP contribution in [0.4, 0.5) is 10.5 Å². The highest BCUT2D eigenvalue weighted by molar-refractivity contribution is 5.95. The normalized spacial score (nSPS) is 11.0. The zero-order valence-electron chi connectivity index (χ0n) is 24.0. The highest BCUT2D eigenvalue weighted by atomic mass is 16.4. The molecule has 0 aliphatic rings. The fourth-order valence-electron chi connectivity index (χ4n) is 4.70. The van der Waals surface area contributed by atoms with Crippen LogP contribution >= 0.6 is 0 Å². The van der Waals surface area contributed by atoms with E-state index in [4.69, 9.17) is 15.9 Å². The van der Waals surface area contributed by atoms with Gasteiger partial charge in [-0.3, -0.25) is 9.80 Å². The molecular weight excluding hydrogens is 534 g/mol. The monoisotopic (exact) mass is 573 g/mol. The maximum Gasteiger partial charge on any atom is 0.328 e. The number of primary amides is 1. The number of urea groups is 1. The van der Waals surface area contributed by atoms with Crippen molar-refractivity contribution in [2.75, 3.05) is 18.0 Å². The maximum atomic E-state index is 12.3. The fraction of sp³-hybridized carbons (Fsp3) is 0.281. The van der Waals surface area contributed by atoms with Crippen molar-refractivity contribution in [3.63, 3.8) is 0 Å². The zero-order valence-corrected chi connectivity index (χ0v) is 24.0. The molecule has 4 rings (SSSR count). The first-order chi connectivity index (χ1) is 20.2. The Bertz CT molecular complexity index is 1460. The quantitative estimate of drug-likeness (QED) is 0.134. The number of nitrogens with one attached hydrogen (secondary N) is 2. The summed E-state index contributed by atoms with van der Waals surface area (Å²) in [7, 11) is 0. The number of carbonyl (C=O) groups excluding carboxylic acids is 1. The van der Waals surface area contributed by atoms with E-state index >= 15 is 0 Å². The molecule has 10 heteroatoms. The van der Waals surface area contributed by atoms with Gasteiger partial charge in [-0.15, -0.1) is 0 Å². The predicted molar refractivity (Wildman–Crippen MR) is 164 cm³/mol. The molecule has 0 radical (unpaired) electrons. The second-order valence-corrected chi connectivity index (χ2v) is 9.98. The minimum absolute atomic E-state index is 0.446. The van der Waals surface area contributed by atoms with Crippen LogP contribution in [-0.4, -0.2) is 56.1 Å². The third-order valence-electron chi connectivity index (χ3n) is 6.81. The SMILES string of the molecule is CCCCN(CCc1c(C)[nH]c2ccc(N(Cc3ccccc3)C(N)=O)cc12)Cc1cc[nH]c1.O=C(O)/C=C\C(=O)O. The Labute approximate surface area is 245 Å². The van der Waals surface area contributed by atoms with Gasteiger partial charge in [0.2, 0.25) is 0 Å². The summed E-state index contributed by atoms with van der Waals surface area (Å²) in [5, 5.41) is 16.8. The summed E-state index contributed by atoms with van der Waals surface area (Å²) in [5.41, 5.74) is 12.5. The molecule has 2 amide bonds. The molecule has 0 aliphatic heterocycles. The fourth-order valence-corrected chi connectivity index (χ4v) is 4.70. The van der Waals surface area contributed by atoms with E-state index in [2.05, 4.69) is 53.1 Å². The van der Waals surface area contributed by atoms with Gasteiger partial charge in [0.15, 0.2) is 0 Å². The lowest BCUT2D eigenvalue weighted by atomic mass is 10.1. The molecule has 0 saturated heterocycles. The topological polar surface area (TPSA) is 156 Å². The van der Waals surface area contributed by atoms with Crippen molar-refractivity contribution in [2.24, 2.45) is 5.73 Å². The largest absolute Gasteiger partial charge is 0.478 e. The number of rotatable bonds is 13. The van der Waals surface area contributed by atoms with Crippen LogP contribution in [-0.2, 0) is 29.1 Å². The first-order valence-corrected chi connectivity index (χ1v) is 13.9. The van der Waals surface area contributed by atoms with Gasteiger partial charge in [-0.2, -0.15) is 0 Å². The second kappa shape index (κ2) is 15.8. The van der Waals surface area contributed by atoms with Crippen molar-refractivity contribution in [1.29, 1.82) is 0 Å². The minimum atomic E-state index is -1.26. The molecule has 0 spiro atoms. The van der Waals surface area contributed by atoms with E-state index in [1.54, 1.807) is 4.90 Å². The molecule has 0 unspecified atom stereocenters. The summed E-state index contributed by atoms with van der Waals surface area (Å²) in [6.45, 7) is 7.82. The zero-order chi connectivity index (χ0) is 30.5. The van der Waals surface area contributed by atoms with Crippen molar-refractivity contribution in [1.82, 2.24) is 14.9 Å². The molecular formula is C32H39N5O5. The molecule has 10 nitrogen and oxygen atoms in total. The lowest BCUT2D eigenvalue weighted by Crippen LogP contribution is -2.35. The summed E-state index contributed by atoms with van der Waals surface area (Å²) in [4.78, 5) is 42.3. The molecule has 2 aromatic carbocycles. The molecule has 222 valence electrons. The van der Waals surface area contributed by atoms with Crippen LogP contribution in [0.3, 0.4) is 0 Å². The highest BCUT2D eigenvalue weighted by Gasteiger charge is 2.17. The van der Waals surface area contributed by atoms with Crippen LogP contribution in [0.15, 0.2) is 79.1 Å². The number of anilines is 1. The molecule has 6 N–H and O–H groups in total. The van der Waals surface area contributed by atoms with E-state index in [1.807, 2.05) is 42.6 Å². The van der Waals surface area contributed by atoms with Gasteiger partial charge < -0.3 is 25.9 Å². The molecule has 42 heavy (non-hydrogen) atoms. The number of aromatic amines is 2. The van der Waals surface area contributed by atoms with Gasteiger partial charge in [-0.1, -0.05) is 43.7 Å². The van der Waals surface area contributed by atoms with Gasteiger partial charge in [0.25, 0.3) is 0 Å². The number of aryl methyl sites for hydroxylation is 1. The number of benzene rings is 2. The molecule has 2 heterocycles. The van der Waals surface area contributed by atoms with Crippen LogP contribution < -0.4 is 10.6 Å². The number of amides is 2. The Morgan fingerprint density at radius 3 is 2.24 bits per heavy atom. The van der Waals surface area contributed by atoms with Crippen molar-refractivity contribution in [3.05, 3.63) is 102 Å². The summed E-state index contributed by atoms with van der Waals surface area (Å²) in [6, 6.07) is 17.8. The summed E-state index contributed by atoms with van der Waals surface area (Å²) in [6.07, 6.45) is 8.49. The Kier molecular flexibility index (Phi) is 11.9. The minimum Gasteiger partial charge on any atom is -0.478 e. The lowest BCUT2D eigenvalue weighted by Gasteiger charge is -2.22. The molecule has 0 bridgehead atoms. The molecule has 0 saturated carbocycles. The number of aromatic nitrogens is 2. The van der Waals surface area contributed by atoms with Crippen LogP contribution in [0.2, 0.25) is 0 Å². The number of nitrogens with zero attached hydrogens (tertiary/aromatic N) is 2. The van der Waals surface area contributed by atoms with E-state index in [0.29, 0.717) is 18.7 Å². The standard InChI is InChI=1S/C28H35N5O.C4H4O4/c1-3-4-15-32(19-23-12-14-30-18-23)16-13-25-21(2)31-27-11-10-24(17-26(25)27)33(28(29)34)20-22-8-6-5-7-9-22;5-3(6)1-2-4(7)8/h5-12,14,17-18,30-31H,3-4,13,15-16,19-20H2,1-2H3,(H2,29,34);1-2H,(H,5,6)(H,7,8)/b;2-1-. The number of hydrogen-bond acceptors (Lipinski definition) is 4. The first-order valence-electron chi connectivity index (χ1n) is 13.9. The number of carboxylic acid groups (broad SMARTS) is 2. The maximum absolute atomic E-state index is 12.3. The average molecular weight is 574 g/mol. The number of aliphatic carboxylic acids is 2. The highest BCUT2D eigenvalue weighted by Crippen LogP contribution is 2.29. The summed E-state index contributed by atoms with van der Waals surface area (Å²) in [5.74, 6) is -2.51. The van der Waals surface area contributed by atoms with Gasteiger partial charge in [0.05, 0.1) is 6.54 Å². The third kappa shape index (κ3) is 9.67. The van der Waals surface area contributed by atoms with E-state index < -0.39 is 18.0 Å². The van der Waals surface area contributed by atoms with E-state index in [9.17, 15) is 14.4 Å². The molecule has 4 aromatic rings. The number of unbranched alkanes of at least 4 members (excludes halogenated alkanes) is 1. The van der Waals surface area contributed by atoms with Crippen molar-refractivity contribution >= 4 is 34.6 Å². The average Bonchev–Trinajstić information content (AvgIpc) is 3.59. The smallest absolute Gasteiger partial charge is 0.328 e. The van der Waals surface area contributed by atoms with Gasteiger partial charge in [0.1, 0.15) is 0 Å². The van der Waals surface area contributed by atoms with Crippen LogP contribution in [0.25, 0.3) is 10.9 Å². The summed E-state index contributed by atoms with van der Waals surface area (Å²) >= 11 is 0. The second-order valence-electron chi connectivity index (χ2n) is 9.98. The van der Waals surface area contributed by atoms with E-state index in [0.717, 1.165) is 48.2 Å². The number of hydrogen-bond donors (Lipinski definition) is 5. The van der Waals surface area contributed by atoms with Gasteiger partial charge in [-0.05, 0) is 67.3 Å². The van der Waals surface area contributed by atoms with Crippen molar-refractivity contribution in [3.8, 4) is 0 Å². The Balaban J connectivity index is 0.000000531. The summed E-state index contributed by atoms with van der Waals surface area (Å²) < 4.78 is 0. The van der Waals surface area contributed by atoms with Gasteiger partial charge in [0, 0.05) is 59.9 Å². The van der Waals surface area contributed by atoms with E-state index in [-0.39, 0.29) is 0 Å². The Morgan fingerprint density at radius 1 is 0.929 bits per heavy atom. The predicted octanol–water partition coefficient (Wildman–Crippen LogP) is 5.45. The van der Waals surface area contributed by atoms with Crippen molar-refractivity contribution in [2.45, 2.75) is 46.2 Å². The lowest BCUT2D eigenvalue weighted by molar-refractivity contribution is -0.134. The molecule has 0 atom stereocenters. The molecule has 0 aliphatic carbocycles.